The molecule has 0 bridgehead atoms. The predicted octanol–water partition coefficient (Wildman–Crippen LogP) is 2.62. The van der Waals surface area contributed by atoms with E-state index in [4.69, 9.17) is 0 Å². The van der Waals surface area contributed by atoms with Crippen molar-refractivity contribution in [3.63, 3.8) is 0 Å². The molecule has 1 aliphatic rings. The Morgan fingerprint density at radius 1 is 1.22 bits per heavy atom. The molecule has 9 heavy (non-hydrogen) atoms. The first-order chi connectivity index (χ1) is 4.30. The van der Waals surface area contributed by atoms with Crippen molar-refractivity contribution < 1.29 is 0 Å². The molecule has 1 saturated heterocycles. The van der Waals surface area contributed by atoms with Gasteiger partial charge in [-0.1, -0.05) is 13.8 Å². The quantitative estimate of drug-likeness (QED) is 0.534. The Morgan fingerprint density at radius 2 is 1.78 bits per heavy atom. The van der Waals surface area contributed by atoms with Crippen molar-refractivity contribution in [1.29, 1.82) is 0 Å². The van der Waals surface area contributed by atoms with Gasteiger partial charge in [-0.15, -0.1) is 7.92 Å². The summed E-state index contributed by atoms with van der Waals surface area (Å²) in [7, 11) is 0.448. The summed E-state index contributed by atoms with van der Waals surface area (Å²) in [5, 5.41) is 0. The van der Waals surface area contributed by atoms with E-state index in [1.165, 1.54) is 23.8 Å². The highest BCUT2D eigenvalue weighted by molar-refractivity contribution is 8.00. The maximum Gasteiger partial charge on any atom is -0.00279 e. The van der Waals surface area contributed by atoms with Gasteiger partial charge in [0.15, 0.2) is 0 Å². The fourth-order valence-corrected chi connectivity index (χ4v) is 5.46. The van der Waals surface area contributed by atoms with E-state index in [0.717, 1.165) is 5.66 Å². The van der Waals surface area contributed by atoms with Gasteiger partial charge in [0.2, 0.25) is 0 Å². The molecule has 1 aliphatic heterocycles. The molecule has 2 heteroatoms. The van der Waals surface area contributed by atoms with E-state index in [1.54, 1.807) is 0 Å². The fourth-order valence-electron chi connectivity index (χ4n) is 1.09. The number of hydrogen-bond donors (Lipinski definition) is 0. The maximum atomic E-state index is 2.38. The molecule has 0 amide bonds. The molecule has 1 heterocycles. The minimum atomic E-state index is 0.448. The topological polar surface area (TPSA) is 0 Å². The third-order valence-electron chi connectivity index (χ3n) is 1.78. The normalized spacial score (nSPS) is 23.0. The molecular weight excluding hydrogens is 147 g/mol. The van der Waals surface area contributed by atoms with Crippen LogP contribution in [-0.2, 0) is 0 Å². The van der Waals surface area contributed by atoms with Crippen LogP contribution >= 0.6 is 19.7 Å². The molecule has 0 aromatic rings. The average molecular weight is 162 g/mol. The lowest BCUT2D eigenvalue weighted by atomic mass is 10.6. The van der Waals surface area contributed by atoms with Gasteiger partial charge in [-0.05, 0) is 29.5 Å². The molecule has 0 nitrogen and oxygen atoms in total. The molecule has 0 saturated carbocycles. The van der Waals surface area contributed by atoms with Gasteiger partial charge in [0.1, 0.15) is 0 Å². The van der Waals surface area contributed by atoms with Crippen molar-refractivity contribution in [3.8, 4) is 0 Å². The summed E-state index contributed by atoms with van der Waals surface area (Å²) in [6.45, 7) is 4.75. The Balaban J connectivity index is 2.23. The van der Waals surface area contributed by atoms with Crippen LogP contribution in [0.1, 0.15) is 13.8 Å². The van der Waals surface area contributed by atoms with Gasteiger partial charge in [-0.3, -0.25) is 0 Å². The zero-order chi connectivity index (χ0) is 6.69. The van der Waals surface area contributed by atoms with Gasteiger partial charge >= 0.3 is 0 Å². The van der Waals surface area contributed by atoms with Gasteiger partial charge < -0.3 is 0 Å². The molecule has 1 fully saturated rings. The van der Waals surface area contributed by atoms with Crippen molar-refractivity contribution in [2.45, 2.75) is 19.5 Å². The standard InChI is InChI=1S/C7H15PS/c1-7(2)8-3-5-9-6-4-8/h7H,3-6H2,1-2H3. The maximum absolute atomic E-state index is 2.38. The molecule has 1 rings (SSSR count). The minimum absolute atomic E-state index is 0.448. The molecule has 0 N–H and O–H groups in total. The lowest BCUT2D eigenvalue weighted by Crippen LogP contribution is -2.09. The fraction of sp³-hybridized carbons (Fsp3) is 1.00. The van der Waals surface area contributed by atoms with Crippen molar-refractivity contribution in [2.75, 3.05) is 23.8 Å². The first kappa shape index (κ1) is 7.88. The zero-order valence-electron chi connectivity index (χ0n) is 6.26. The van der Waals surface area contributed by atoms with Crippen LogP contribution in [0.2, 0.25) is 0 Å². The molecule has 0 atom stereocenters. The lowest BCUT2D eigenvalue weighted by Gasteiger charge is -2.25. The van der Waals surface area contributed by atoms with Crippen LogP contribution < -0.4 is 0 Å². The van der Waals surface area contributed by atoms with Gasteiger partial charge in [0.25, 0.3) is 0 Å². The highest BCUT2D eigenvalue weighted by Gasteiger charge is 2.15. The van der Waals surface area contributed by atoms with Crippen LogP contribution in [0.4, 0.5) is 0 Å². The third-order valence-corrected chi connectivity index (χ3v) is 6.42. The van der Waals surface area contributed by atoms with E-state index >= 15 is 0 Å². The highest BCUT2D eigenvalue weighted by atomic mass is 32.2. The number of rotatable bonds is 1. The van der Waals surface area contributed by atoms with E-state index in [9.17, 15) is 0 Å². The lowest BCUT2D eigenvalue weighted by molar-refractivity contribution is 1.07. The Labute approximate surface area is 63.5 Å². The second-order valence-electron chi connectivity index (χ2n) is 2.74. The van der Waals surface area contributed by atoms with Gasteiger partial charge in [-0.25, -0.2) is 0 Å². The van der Waals surface area contributed by atoms with Crippen LogP contribution in [0.5, 0.6) is 0 Å². The average Bonchev–Trinajstić information content (AvgIpc) is 1.90. The van der Waals surface area contributed by atoms with Crippen molar-refractivity contribution in [1.82, 2.24) is 0 Å². The Bertz CT molecular complexity index is 77.0. The molecule has 0 spiro atoms. The molecule has 0 aromatic carbocycles. The summed E-state index contributed by atoms with van der Waals surface area (Å²) in [4.78, 5) is 0. The van der Waals surface area contributed by atoms with E-state index in [2.05, 4.69) is 25.6 Å². The van der Waals surface area contributed by atoms with Crippen LogP contribution in [0.3, 0.4) is 0 Å². The Morgan fingerprint density at radius 3 is 2.11 bits per heavy atom. The van der Waals surface area contributed by atoms with Crippen LogP contribution in [-0.4, -0.2) is 29.5 Å². The monoisotopic (exact) mass is 162 g/mol. The SMILES string of the molecule is CC(C)P1CCSCC1. The van der Waals surface area contributed by atoms with Gasteiger partial charge in [-0.2, -0.15) is 11.8 Å². The summed E-state index contributed by atoms with van der Waals surface area (Å²) in [5.41, 5.74) is 0.987. The van der Waals surface area contributed by atoms with E-state index in [1.807, 2.05) is 0 Å². The molecule has 0 unspecified atom stereocenters. The first-order valence-electron chi connectivity index (χ1n) is 3.62. The van der Waals surface area contributed by atoms with E-state index in [-0.39, 0.29) is 0 Å². The summed E-state index contributed by atoms with van der Waals surface area (Å²) in [6, 6.07) is 0. The molecule has 0 aromatic heterocycles. The third kappa shape index (κ3) is 2.47. The molecule has 0 aliphatic carbocycles. The summed E-state index contributed by atoms with van der Waals surface area (Å²) >= 11 is 2.13. The smallest absolute Gasteiger partial charge is 0.00279 e. The second kappa shape index (κ2) is 3.83. The molecular formula is C7H15PS. The highest BCUT2D eigenvalue weighted by Crippen LogP contribution is 2.44. The summed E-state index contributed by atoms with van der Waals surface area (Å²) in [5.74, 6) is 2.87. The summed E-state index contributed by atoms with van der Waals surface area (Å²) in [6.07, 6.45) is 3.05. The molecule has 0 radical (unpaired) electrons. The Hall–Kier alpha value is 0.780. The molecule has 54 valence electrons. The van der Waals surface area contributed by atoms with Gasteiger partial charge in [0, 0.05) is 0 Å². The number of thioether (sulfide) groups is 1. The van der Waals surface area contributed by atoms with Gasteiger partial charge in [0.05, 0.1) is 0 Å². The van der Waals surface area contributed by atoms with E-state index in [0.29, 0.717) is 7.92 Å². The Kier molecular flexibility index (Phi) is 3.35. The zero-order valence-corrected chi connectivity index (χ0v) is 7.97. The van der Waals surface area contributed by atoms with E-state index < -0.39 is 0 Å². The van der Waals surface area contributed by atoms with Crippen LogP contribution in [0.15, 0.2) is 0 Å². The van der Waals surface area contributed by atoms with Crippen molar-refractivity contribution in [2.24, 2.45) is 0 Å². The second-order valence-corrected chi connectivity index (χ2v) is 7.07. The largest absolute Gasteiger partial charge is 0.161 e. The summed E-state index contributed by atoms with van der Waals surface area (Å²) < 4.78 is 0. The predicted molar refractivity (Wildman–Crippen MR) is 49.1 cm³/mol. The van der Waals surface area contributed by atoms with Crippen molar-refractivity contribution in [3.05, 3.63) is 0 Å². The minimum Gasteiger partial charge on any atom is -0.161 e. The van der Waals surface area contributed by atoms with Crippen LogP contribution in [0, 0.1) is 0 Å². The first-order valence-corrected chi connectivity index (χ1v) is 6.56. The number of hydrogen-bond acceptors (Lipinski definition) is 1. The van der Waals surface area contributed by atoms with Crippen molar-refractivity contribution >= 4 is 19.7 Å². The van der Waals surface area contributed by atoms with Crippen LogP contribution in [0.25, 0.3) is 0 Å².